The Bertz CT molecular complexity index is 436. The predicted octanol–water partition coefficient (Wildman–Crippen LogP) is 1.83. The maximum absolute atomic E-state index is 8.91. The highest BCUT2D eigenvalue weighted by Crippen LogP contribution is 2.30. The van der Waals surface area contributed by atoms with Crippen LogP contribution in [0.1, 0.15) is 12.5 Å². The number of nitrogens with zero attached hydrogens (tertiary/aromatic N) is 2. The van der Waals surface area contributed by atoms with E-state index in [0.29, 0.717) is 17.9 Å². The Hall–Kier alpha value is -1.40. The molecule has 0 spiro atoms. The summed E-state index contributed by atoms with van der Waals surface area (Å²) in [6.45, 7) is 3.42. The monoisotopic (exact) mass is 283 g/mol. The summed E-state index contributed by atoms with van der Waals surface area (Å²) in [5.41, 5.74) is 6.42. The van der Waals surface area contributed by atoms with Crippen molar-refractivity contribution in [2.75, 3.05) is 33.0 Å². The molecule has 0 atom stereocenters. The smallest absolute Gasteiger partial charge is 0.174 e. The van der Waals surface area contributed by atoms with E-state index in [1.165, 1.54) is 0 Å². The van der Waals surface area contributed by atoms with E-state index in [-0.39, 0.29) is 5.84 Å². The molecule has 3 N–H and O–H groups in total. The molecule has 0 saturated heterocycles. The van der Waals surface area contributed by atoms with Crippen molar-refractivity contribution in [3.05, 3.63) is 23.8 Å². The van der Waals surface area contributed by atoms with Gasteiger partial charge in [-0.2, -0.15) is 0 Å². The van der Waals surface area contributed by atoms with Gasteiger partial charge in [-0.1, -0.05) is 18.1 Å². The van der Waals surface area contributed by atoms with Crippen molar-refractivity contribution in [3.8, 4) is 5.75 Å². The first-order valence-electron chi connectivity index (χ1n) is 6.11. The Kier molecular flexibility index (Phi) is 6.52. The highest BCUT2D eigenvalue weighted by atomic mass is 32.2. The van der Waals surface area contributed by atoms with Crippen LogP contribution in [0.3, 0.4) is 0 Å². The zero-order chi connectivity index (χ0) is 14.3. The number of ether oxygens (including phenoxy) is 1. The number of hydrogen-bond acceptors (Lipinski definition) is 5. The second kappa shape index (κ2) is 7.91. The molecule has 0 aromatic heterocycles. The van der Waals surface area contributed by atoms with E-state index in [1.54, 1.807) is 11.8 Å². The van der Waals surface area contributed by atoms with Crippen molar-refractivity contribution >= 4 is 17.6 Å². The zero-order valence-electron chi connectivity index (χ0n) is 11.6. The lowest BCUT2D eigenvalue weighted by molar-refractivity contribution is 0.260. The molecule has 1 aromatic carbocycles. The normalized spacial score (nSPS) is 11.9. The maximum Gasteiger partial charge on any atom is 0.174 e. The highest BCUT2D eigenvalue weighted by Gasteiger charge is 2.14. The van der Waals surface area contributed by atoms with Crippen LogP contribution < -0.4 is 10.5 Å². The van der Waals surface area contributed by atoms with Gasteiger partial charge in [0.15, 0.2) is 5.84 Å². The fraction of sp³-hybridized carbons (Fsp3) is 0.462. The Labute approximate surface area is 118 Å². The molecule has 0 aliphatic rings. The number of rotatable bonds is 7. The van der Waals surface area contributed by atoms with Crippen LogP contribution in [0, 0.1) is 0 Å². The van der Waals surface area contributed by atoms with Gasteiger partial charge >= 0.3 is 0 Å². The number of thioether (sulfide) groups is 1. The third-order valence-electron chi connectivity index (χ3n) is 2.45. The molecule has 0 amide bonds. The van der Waals surface area contributed by atoms with Gasteiger partial charge in [-0.3, -0.25) is 0 Å². The highest BCUT2D eigenvalue weighted by molar-refractivity contribution is 7.99. The van der Waals surface area contributed by atoms with Crippen LogP contribution in [-0.2, 0) is 0 Å². The lowest BCUT2D eigenvalue weighted by Crippen LogP contribution is -2.21. The molecule has 0 unspecified atom stereocenters. The van der Waals surface area contributed by atoms with Gasteiger partial charge in [0.25, 0.3) is 0 Å². The third-order valence-corrected chi connectivity index (χ3v) is 3.39. The van der Waals surface area contributed by atoms with Gasteiger partial charge in [-0.05, 0) is 32.0 Å². The molecule has 0 heterocycles. The van der Waals surface area contributed by atoms with Crippen LogP contribution in [-0.4, -0.2) is 48.9 Å². The maximum atomic E-state index is 8.91. The van der Waals surface area contributed by atoms with Crippen molar-refractivity contribution in [2.45, 2.75) is 11.8 Å². The van der Waals surface area contributed by atoms with E-state index < -0.39 is 0 Å². The first-order chi connectivity index (χ1) is 9.10. The van der Waals surface area contributed by atoms with Crippen LogP contribution in [0.15, 0.2) is 28.3 Å². The minimum absolute atomic E-state index is 0.0800. The molecule has 5 nitrogen and oxygen atoms in total. The van der Waals surface area contributed by atoms with E-state index in [9.17, 15) is 0 Å². The molecule has 106 valence electrons. The number of likely N-dealkylation sites (N-methyl/N-ethyl adjacent to an activating group) is 1. The molecule has 19 heavy (non-hydrogen) atoms. The standard InChI is InChI=1S/C13H21N3O2S/c1-4-19-11-7-5-6-10(12(11)13(14)15-17)18-9-8-16(2)3/h5-7,17H,4,8-9H2,1-3H3,(H2,14,15). The van der Waals surface area contributed by atoms with Crippen molar-refractivity contribution in [1.82, 2.24) is 4.90 Å². The van der Waals surface area contributed by atoms with Crippen LogP contribution in [0.5, 0.6) is 5.75 Å². The Morgan fingerprint density at radius 3 is 2.79 bits per heavy atom. The van der Waals surface area contributed by atoms with Gasteiger partial charge < -0.3 is 20.6 Å². The third kappa shape index (κ3) is 4.65. The average molecular weight is 283 g/mol. The topological polar surface area (TPSA) is 71.1 Å². The summed E-state index contributed by atoms with van der Waals surface area (Å²) in [5, 5.41) is 12.0. The van der Waals surface area contributed by atoms with E-state index in [4.69, 9.17) is 15.7 Å². The van der Waals surface area contributed by atoms with E-state index in [0.717, 1.165) is 17.2 Å². The molecular formula is C13H21N3O2S. The van der Waals surface area contributed by atoms with E-state index in [2.05, 4.69) is 12.1 Å². The first-order valence-corrected chi connectivity index (χ1v) is 7.10. The minimum atomic E-state index is 0.0800. The van der Waals surface area contributed by atoms with E-state index in [1.807, 2.05) is 37.2 Å². The van der Waals surface area contributed by atoms with Crippen LogP contribution in [0.25, 0.3) is 0 Å². The van der Waals surface area contributed by atoms with Crippen molar-refractivity contribution in [2.24, 2.45) is 10.9 Å². The van der Waals surface area contributed by atoms with Gasteiger partial charge in [-0.15, -0.1) is 11.8 Å². The lowest BCUT2D eigenvalue weighted by Gasteiger charge is -2.15. The van der Waals surface area contributed by atoms with Gasteiger partial charge in [0, 0.05) is 11.4 Å². The predicted molar refractivity (Wildman–Crippen MR) is 79.4 cm³/mol. The number of oxime groups is 1. The molecule has 0 radical (unpaired) electrons. The van der Waals surface area contributed by atoms with Crippen LogP contribution >= 0.6 is 11.8 Å². The van der Waals surface area contributed by atoms with Gasteiger partial charge in [0.05, 0.1) is 5.56 Å². The molecule has 1 rings (SSSR count). The minimum Gasteiger partial charge on any atom is -0.491 e. The molecular weight excluding hydrogens is 262 g/mol. The zero-order valence-corrected chi connectivity index (χ0v) is 12.4. The fourth-order valence-electron chi connectivity index (χ4n) is 1.55. The summed E-state index contributed by atoms with van der Waals surface area (Å²) in [6.07, 6.45) is 0. The molecule has 0 aliphatic heterocycles. The Morgan fingerprint density at radius 1 is 1.47 bits per heavy atom. The van der Waals surface area contributed by atoms with Gasteiger partial charge in [-0.25, -0.2) is 0 Å². The average Bonchev–Trinajstić information content (AvgIpc) is 2.38. The van der Waals surface area contributed by atoms with Gasteiger partial charge in [0.2, 0.25) is 0 Å². The molecule has 0 bridgehead atoms. The summed E-state index contributed by atoms with van der Waals surface area (Å²) in [5.74, 6) is 1.64. The first kappa shape index (κ1) is 15.7. The van der Waals surface area contributed by atoms with Crippen molar-refractivity contribution in [3.63, 3.8) is 0 Å². The van der Waals surface area contributed by atoms with Crippen LogP contribution in [0.2, 0.25) is 0 Å². The molecule has 0 saturated carbocycles. The quantitative estimate of drug-likeness (QED) is 0.263. The van der Waals surface area contributed by atoms with Crippen LogP contribution in [0.4, 0.5) is 0 Å². The lowest BCUT2D eigenvalue weighted by atomic mass is 10.2. The number of benzene rings is 1. The summed E-state index contributed by atoms with van der Waals surface area (Å²) >= 11 is 1.64. The second-order valence-corrected chi connectivity index (χ2v) is 5.51. The Balaban J connectivity index is 2.98. The number of hydrogen-bond donors (Lipinski definition) is 2. The number of amidine groups is 1. The molecule has 6 heteroatoms. The van der Waals surface area contributed by atoms with Crippen molar-refractivity contribution < 1.29 is 9.94 Å². The van der Waals surface area contributed by atoms with Gasteiger partial charge in [0.1, 0.15) is 12.4 Å². The summed E-state index contributed by atoms with van der Waals surface area (Å²) < 4.78 is 5.73. The second-order valence-electron chi connectivity index (χ2n) is 4.20. The number of nitrogens with two attached hydrogens (primary N) is 1. The summed E-state index contributed by atoms with van der Waals surface area (Å²) in [6, 6.07) is 5.69. The summed E-state index contributed by atoms with van der Waals surface area (Å²) in [4.78, 5) is 2.99. The summed E-state index contributed by atoms with van der Waals surface area (Å²) in [7, 11) is 3.97. The molecule has 1 aromatic rings. The van der Waals surface area contributed by atoms with Crippen molar-refractivity contribution in [1.29, 1.82) is 0 Å². The molecule has 0 fully saturated rings. The largest absolute Gasteiger partial charge is 0.491 e. The molecule has 0 aliphatic carbocycles. The Morgan fingerprint density at radius 2 is 2.21 bits per heavy atom. The SMILES string of the molecule is CCSc1cccc(OCCN(C)C)c1/C(N)=N/O. The fourth-order valence-corrected chi connectivity index (χ4v) is 2.38. The van der Waals surface area contributed by atoms with E-state index >= 15 is 0 Å².